The third-order valence-corrected chi connectivity index (χ3v) is 4.13. The van der Waals surface area contributed by atoms with Gasteiger partial charge >= 0.3 is 0 Å². The Labute approximate surface area is 143 Å². The number of amides is 1. The monoisotopic (exact) mass is 325 g/mol. The summed E-state index contributed by atoms with van der Waals surface area (Å²) in [5, 5.41) is 0. The normalized spacial score (nSPS) is 11.6. The molecule has 0 saturated carbocycles. The molecule has 0 bridgehead atoms. The molecule has 0 aromatic heterocycles. The Balaban J connectivity index is 1.90. The van der Waals surface area contributed by atoms with Crippen LogP contribution in [0.25, 0.3) is 0 Å². The molecule has 0 heterocycles. The lowest BCUT2D eigenvalue weighted by Gasteiger charge is -2.18. The number of hydrogen-bond acceptors (Lipinski definition) is 3. The average molecular weight is 325 g/mol. The van der Waals surface area contributed by atoms with E-state index in [1.54, 1.807) is 43.3 Å². The predicted octanol–water partition coefficient (Wildman–Crippen LogP) is 3.96. The number of rotatable bonds is 7. The van der Waals surface area contributed by atoms with Crippen molar-refractivity contribution in [3.05, 3.63) is 60.2 Å². The SMILES string of the molecule is COc1ccc(C(=O)[C@@H](C)CCC(=O)N(C)c2ccccc2)cc1. The van der Waals surface area contributed by atoms with E-state index in [1.807, 2.05) is 37.3 Å². The molecule has 0 saturated heterocycles. The van der Waals surface area contributed by atoms with Crippen LogP contribution in [0.5, 0.6) is 5.75 Å². The second kappa shape index (κ2) is 8.29. The first-order valence-electron chi connectivity index (χ1n) is 8.02. The van der Waals surface area contributed by atoms with Crippen LogP contribution in [0, 0.1) is 5.92 Å². The number of ketones is 1. The van der Waals surface area contributed by atoms with Gasteiger partial charge in [0.1, 0.15) is 5.75 Å². The summed E-state index contributed by atoms with van der Waals surface area (Å²) in [4.78, 5) is 26.3. The van der Waals surface area contributed by atoms with Crippen molar-refractivity contribution >= 4 is 17.4 Å². The first-order valence-corrected chi connectivity index (χ1v) is 8.02. The van der Waals surface area contributed by atoms with E-state index in [2.05, 4.69) is 0 Å². The molecule has 126 valence electrons. The number of methoxy groups -OCH3 is 1. The van der Waals surface area contributed by atoms with Gasteiger partial charge in [-0.2, -0.15) is 0 Å². The molecular weight excluding hydrogens is 302 g/mol. The molecule has 1 atom stereocenters. The van der Waals surface area contributed by atoms with Gasteiger partial charge in [-0.15, -0.1) is 0 Å². The Morgan fingerprint density at radius 3 is 2.25 bits per heavy atom. The van der Waals surface area contributed by atoms with Crippen molar-refractivity contribution in [1.82, 2.24) is 0 Å². The predicted molar refractivity (Wildman–Crippen MR) is 95.6 cm³/mol. The van der Waals surface area contributed by atoms with Gasteiger partial charge in [0, 0.05) is 30.6 Å². The van der Waals surface area contributed by atoms with E-state index in [4.69, 9.17) is 4.74 Å². The number of hydrogen-bond donors (Lipinski definition) is 0. The second-order valence-electron chi connectivity index (χ2n) is 5.82. The summed E-state index contributed by atoms with van der Waals surface area (Å²) in [5.74, 6) is 0.578. The highest BCUT2D eigenvalue weighted by molar-refractivity contribution is 5.98. The largest absolute Gasteiger partial charge is 0.497 e. The molecule has 0 aliphatic rings. The maximum Gasteiger partial charge on any atom is 0.226 e. The average Bonchev–Trinajstić information content (AvgIpc) is 2.65. The number of Topliss-reactive ketones (excluding diaryl/α,β-unsaturated/α-hetero) is 1. The molecule has 2 rings (SSSR count). The molecule has 2 aromatic carbocycles. The Morgan fingerprint density at radius 2 is 1.67 bits per heavy atom. The van der Waals surface area contributed by atoms with Crippen LogP contribution in [0.1, 0.15) is 30.1 Å². The summed E-state index contributed by atoms with van der Waals surface area (Å²) >= 11 is 0. The Kier molecular flexibility index (Phi) is 6.13. The van der Waals surface area contributed by atoms with Crippen molar-refractivity contribution in [3.8, 4) is 5.75 Å². The molecular formula is C20H23NO3. The van der Waals surface area contributed by atoms with Crippen molar-refractivity contribution in [1.29, 1.82) is 0 Å². The molecule has 4 nitrogen and oxygen atoms in total. The standard InChI is InChI=1S/C20H23NO3/c1-15(20(23)16-10-12-18(24-3)13-11-16)9-14-19(22)21(2)17-7-5-4-6-8-17/h4-8,10-13,15H,9,14H2,1-3H3/t15-/m0/s1. The van der Waals surface area contributed by atoms with E-state index in [-0.39, 0.29) is 17.6 Å². The van der Waals surface area contributed by atoms with Gasteiger partial charge in [-0.3, -0.25) is 9.59 Å². The summed E-state index contributed by atoms with van der Waals surface area (Å²) in [6.45, 7) is 1.86. The van der Waals surface area contributed by atoms with Crippen LogP contribution < -0.4 is 9.64 Å². The van der Waals surface area contributed by atoms with E-state index in [0.29, 0.717) is 18.4 Å². The number of benzene rings is 2. The highest BCUT2D eigenvalue weighted by atomic mass is 16.5. The molecule has 24 heavy (non-hydrogen) atoms. The Bertz CT molecular complexity index is 680. The fraction of sp³-hybridized carbons (Fsp3) is 0.300. The molecule has 0 aliphatic heterocycles. The van der Waals surface area contributed by atoms with E-state index < -0.39 is 0 Å². The van der Waals surface area contributed by atoms with Crippen LogP contribution in [0.15, 0.2) is 54.6 Å². The van der Waals surface area contributed by atoms with Gasteiger partial charge in [0.25, 0.3) is 0 Å². The molecule has 0 radical (unpaired) electrons. The van der Waals surface area contributed by atoms with Gasteiger partial charge in [-0.1, -0.05) is 25.1 Å². The first-order chi connectivity index (χ1) is 11.5. The summed E-state index contributed by atoms with van der Waals surface area (Å²) in [7, 11) is 3.35. The summed E-state index contributed by atoms with van der Waals surface area (Å²) < 4.78 is 5.10. The minimum Gasteiger partial charge on any atom is -0.497 e. The van der Waals surface area contributed by atoms with E-state index >= 15 is 0 Å². The highest BCUT2D eigenvalue weighted by Crippen LogP contribution is 2.19. The minimum absolute atomic E-state index is 0.00980. The summed E-state index contributed by atoms with van der Waals surface area (Å²) in [6, 6.07) is 16.6. The lowest BCUT2D eigenvalue weighted by atomic mass is 9.95. The van der Waals surface area contributed by atoms with Gasteiger partial charge < -0.3 is 9.64 Å². The molecule has 0 unspecified atom stereocenters. The van der Waals surface area contributed by atoms with Crippen LogP contribution >= 0.6 is 0 Å². The second-order valence-corrected chi connectivity index (χ2v) is 5.82. The van der Waals surface area contributed by atoms with Crippen LogP contribution in [0.3, 0.4) is 0 Å². The van der Waals surface area contributed by atoms with E-state index in [1.165, 1.54) is 0 Å². The van der Waals surface area contributed by atoms with Gasteiger partial charge in [-0.25, -0.2) is 0 Å². The van der Waals surface area contributed by atoms with Crippen LogP contribution in [-0.4, -0.2) is 25.8 Å². The lowest BCUT2D eigenvalue weighted by molar-refractivity contribution is -0.118. The molecule has 0 spiro atoms. The fourth-order valence-corrected chi connectivity index (χ4v) is 2.47. The van der Waals surface area contributed by atoms with Crippen LogP contribution in [-0.2, 0) is 4.79 Å². The summed E-state index contributed by atoms with van der Waals surface area (Å²) in [6.07, 6.45) is 0.870. The molecule has 0 N–H and O–H groups in total. The maximum absolute atomic E-state index is 12.4. The third kappa shape index (κ3) is 4.44. The number of carbonyl (C=O) groups excluding carboxylic acids is 2. The molecule has 2 aromatic rings. The number of ether oxygens (including phenoxy) is 1. The topological polar surface area (TPSA) is 46.6 Å². The van der Waals surface area contributed by atoms with Gasteiger partial charge in [0.2, 0.25) is 5.91 Å². The van der Waals surface area contributed by atoms with E-state index in [0.717, 1.165) is 11.4 Å². The smallest absolute Gasteiger partial charge is 0.226 e. The molecule has 0 aliphatic carbocycles. The van der Waals surface area contributed by atoms with E-state index in [9.17, 15) is 9.59 Å². The fourth-order valence-electron chi connectivity index (χ4n) is 2.47. The molecule has 4 heteroatoms. The Morgan fingerprint density at radius 1 is 1.04 bits per heavy atom. The minimum atomic E-state index is -0.202. The van der Waals surface area contributed by atoms with Gasteiger partial charge in [-0.05, 0) is 42.8 Å². The van der Waals surface area contributed by atoms with Crippen molar-refractivity contribution in [2.24, 2.45) is 5.92 Å². The van der Waals surface area contributed by atoms with Crippen LogP contribution in [0.2, 0.25) is 0 Å². The molecule has 0 fully saturated rings. The van der Waals surface area contributed by atoms with Gasteiger partial charge in [0.05, 0.1) is 7.11 Å². The zero-order chi connectivity index (χ0) is 17.5. The Hall–Kier alpha value is -2.62. The van der Waals surface area contributed by atoms with Crippen molar-refractivity contribution in [2.45, 2.75) is 19.8 Å². The summed E-state index contributed by atoms with van der Waals surface area (Å²) in [5.41, 5.74) is 1.50. The number of para-hydroxylation sites is 1. The highest BCUT2D eigenvalue weighted by Gasteiger charge is 2.18. The number of anilines is 1. The van der Waals surface area contributed by atoms with Gasteiger partial charge in [0.15, 0.2) is 5.78 Å². The number of carbonyl (C=O) groups is 2. The lowest BCUT2D eigenvalue weighted by Crippen LogP contribution is -2.27. The van der Waals surface area contributed by atoms with Crippen molar-refractivity contribution < 1.29 is 14.3 Å². The maximum atomic E-state index is 12.4. The van der Waals surface area contributed by atoms with Crippen molar-refractivity contribution in [3.63, 3.8) is 0 Å². The van der Waals surface area contributed by atoms with Crippen molar-refractivity contribution in [2.75, 3.05) is 19.1 Å². The zero-order valence-corrected chi connectivity index (χ0v) is 14.4. The molecule has 1 amide bonds. The number of nitrogens with zero attached hydrogens (tertiary/aromatic N) is 1. The quantitative estimate of drug-likeness (QED) is 0.724. The third-order valence-electron chi connectivity index (χ3n) is 4.13. The zero-order valence-electron chi connectivity index (χ0n) is 14.4. The first kappa shape index (κ1) is 17.7. The van der Waals surface area contributed by atoms with Crippen LogP contribution in [0.4, 0.5) is 5.69 Å².